The molecule has 0 radical (unpaired) electrons. The molecule has 1 atom stereocenters. The van der Waals surface area contributed by atoms with Crippen molar-refractivity contribution in [2.45, 2.75) is 19.5 Å². The molecular weight excluding hydrogens is 326 g/mol. The van der Waals surface area contributed by atoms with E-state index in [9.17, 15) is 9.90 Å². The highest BCUT2D eigenvalue weighted by Gasteiger charge is 2.12. The van der Waals surface area contributed by atoms with Crippen molar-refractivity contribution in [1.82, 2.24) is 14.5 Å². The Balaban J connectivity index is 1.91. The molecule has 0 saturated heterocycles. The van der Waals surface area contributed by atoms with Gasteiger partial charge >= 0.3 is 5.97 Å². The number of hydrogen-bond acceptors (Lipinski definition) is 3. The van der Waals surface area contributed by atoms with E-state index in [0.29, 0.717) is 18.2 Å². The Kier molecular flexibility index (Phi) is 5.19. The molecule has 2 aromatic carbocycles. The second-order valence-electron chi connectivity index (χ2n) is 6.65. The minimum Gasteiger partial charge on any atom is -0.478 e. The van der Waals surface area contributed by atoms with Crippen molar-refractivity contribution in [2.75, 3.05) is 14.1 Å². The first kappa shape index (κ1) is 17.9. The van der Waals surface area contributed by atoms with Crippen LogP contribution in [0.15, 0.2) is 60.9 Å². The van der Waals surface area contributed by atoms with Crippen molar-refractivity contribution >= 4 is 5.97 Å². The van der Waals surface area contributed by atoms with Crippen LogP contribution in [-0.4, -0.2) is 39.6 Å². The number of aromatic nitrogens is 2. The van der Waals surface area contributed by atoms with Crippen molar-refractivity contribution in [1.29, 1.82) is 0 Å². The first-order valence-electron chi connectivity index (χ1n) is 8.56. The largest absolute Gasteiger partial charge is 0.478 e. The molecule has 3 rings (SSSR count). The van der Waals surface area contributed by atoms with Crippen LogP contribution < -0.4 is 0 Å². The van der Waals surface area contributed by atoms with E-state index in [-0.39, 0.29) is 0 Å². The van der Waals surface area contributed by atoms with Gasteiger partial charge in [0.05, 0.1) is 5.56 Å². The normalized spacial score (nSPS) is 12.3. The number of rotatable bonds is 6. The standard InChI is InChI=1S/C21H23N3O2/c1-15(23(2)3)17-7-5-8-18(13-17)20-22-10-11-24(20)14-16-6-4-9-19(12-16)21(25)26/h4-13,15H,14H2,1-3H3,(H,25,26). The third-order valence-corrected chi connectivity index (χ3v) is 4.64. The summed E-state index contributed by atoms with van der Waals surface area (Å²) in [7, 11) is 4.13. The molecule has 1 N–H and O–H groups in total. The zero-order valence-corrected chi connectivity index (χ0v) is 15.3. The van der Waals surface area contributed by atoms with Gasteiger partial charge in [0.1, 0.15) is 5.82 Å². The molecule has 0 saturated carbocycles. The van der Waals surface area contributed by atoms with E-state index in [1.54, 1.807) is 24.4 Å². The number of aromatic carboxylic acids is 1. The van der Waals surface area contributed by atoms with Crippen molar-refractivity contribution in [3.63, 3.8) is 0 Å². The summed E-state index contributed by atoms with van der Waals surface area (Å²) >= 11 is 0. The lowest BCUT2D eigenvalue weighted by atomic mass is 10.0. The van der Waals surface area contributed by atoms with E-state index in [1.165, 1.54) is 5.56 Å². The Morgan fingerprint density at radius 1 is 1.19 bits per heavy atom. The van der Waals surface area contributed by atoms with Crippen LogP contribution in [0.25, 0.3) is 11.4 Å². The van der Waals surface area contributed by atoms with Crippen LogP contribution in [0.1, 0.15) is 34.5 Å². The predicted molar refractivity (Wildman–Crippen MR) is 102 cm³/mol. The zero-order valence-electron chi connectivity index (χ0n) is 15.3. The van der Waals surface area contributed by atoms with Gasteiger partial charge in [-0.2, -0.15) is 0 Å². The summed E-state index contributed by atoms with van der Waals surface area (Å²) in [6.45, 7) is 2.74. The number of hydrogen-bond donors (Lipinski definition) is 1. The highest BCUT2D eigenvalue weighted by molar-refractivity contribution is 5.87. The smallest absolute Gasteiger partial charge is 0.335 e. The topological polar surface area (TPSA) is 58.4 Å². The fourth-order valence-corrected chi connectivity index (χ4v) is 2.93. The van der Waals surface area contributed by atoms with Gasteiger partial charge in [0, 0.05) is 30.5 Å². The maximum absolute atomic E-state index is 11.2. The van der Waals surface area contributed by atoms with Crippen molar-refractivity contribution in [3.8, 4) is 11.4 Å². The number of carbonyl (C=O) groups is 1. The molecule has 0 fully saturated rings. The number of carboxylic acids is 1. The number of imidazole rings is 1. The Labute approximate surface area is 153 Å². The first-order valence-corrected chi connectivity index (χ1v) is 8.56. The summed E-state index contributed by atoms with van der Waals surface area (Å²) in [6, 6.07) is 15.7. The summed E-state index contributed by atoms with van der Waals surface area (Å²) < 4.78 is 2.04. The van der Waals surface area contributed by atoms with Gasteiger partial charge in [0.2, 0.25) is 0 Å². The lowest BCUT2D eigenvalue weighted by Gasteiger charge is -2.20. The molecule has 3 aromatic rings. The zero-order chi connectivity index (χ0) is 18.7. The summed E-state index contributed by atoms with van der Waals surface area (Å²) in [4.78, 5) is 17.9. The Hall–Kier alpha value is -2.92. The molecule has 5 heteroatoms. The molecule has 0 aliphatic carbocycles. The Morgan fingerprint density at radius 2 is 1.96 bits per heavy atom. The van der Waals surface area contributed by atoms with Crippen LogP contribution >= 0.6 is 0 Å². The second-order valence-corrected chi connectivity index (χ2v) is 6.65. The Bertz CT molecular complexity index is 915. The predicted octanol–water partition coefficient (Wildman–Crippen LogP) is 3.92. The molecule has 26 heavy (non-hydrogen) atoms. The molecule has 0 spiro atoms. The molecular formula is C21H23N3O2. The van der Waals surface area contributed by atoms with Gasteiger partial charge in [-0.25, -0.2) is 9.78 Å². The van der Waals surface area contributed by atoms with Gasteiger partial charge in [-0.3, -0.25) is 0 Å². The van der Waals surface area contributed by atoms with E-state index in [2.05, 4.69) is 55.2 Å². The molecule has 0 amide bonds. The first-order chi connectivity index (χ1) is 12.5. The third kappa shape index (κ3) is 3.83. The van der Waals surface area contributed by atoms with Crippen LogP contribution in [-0.2, 0) is 6.54 Å². The van der Waals surface area contributed by atoms with Crippen molar-refractivity contribution in [3.05, 3.63) is 77.6 Å². The van der Waals surface area contributed by atoms with Gasteiger partial charge in [-0.15, -0.1) is 0 Å². The van der Waals surface area contributed by atoms with E-state index in [0.717, 1.165) is 17.0 Å². The van der Waals surface area contributed by atoms with Gasteiger partial charge < -0.3 is 14.6 Å². The SMILES string of the molecule is CC(c1cccc(-c2nccn2Cc2cccc(C(=O)O)c2)c1)N(C)C. The summed E-state index contributed by atoms with van der Waals surface area (Å²) in [5.41, 5.74) is 3.51. The molecule has 0 aliphatic heterocycles. The monoisotopic (exact) mass is 349 g/mol. The summed E-state index contributed by atoms with van der Waals surface area (Å²) in [5, 5.41) is 9.17. The van der Waals surface area contributed by atoms with Crippen molar-refractivity contribution in [2.24, 2.45) is 0 Å². The van der Waals surface area contributed by atoms with E-state index >= 15 is 0 Å². The van der Waals surface area contributed by atoms with E-state index in [1.807, 2.05) is 16.8 Å². The molecule has 134 valence electrons. The van der Waals surface area contributed by atoms with Gasteiger partial charge in [0.25, 0.3) is 0 Å². The fraction of sp³-hybridized carbons (Fsp3) is 0.238. The average molecular weight is 349 g/mol. The van der Waals surface area contributed by atoms with Gasteiger partial charge in [0.15, 0.2) is 0 Å². The lowest BCUT2D eigenvalue weighted by molar-refractivity contribution is 0.0696. The molecule has 0 aliphatic rings. The molecule has 0 bridgehead atoms. The van der Waals surface area contributed by atoms with Crippen LogP contribution in [0, 0.1) is 0 Å². The van der Waals surface area contributed by atoms with Crippen LogP contribution in [0.5, 0.6) is 0 Å². The number of carboxylic acid groups (broad SMARTS) is 1. The maximum atomic E-state index is 11.2. The highest BCUT2D eigenvalue weighted by Crippen LogP contribution is 2.24. The number of benzene rings is 2. The molecule has 5 nitrogen and oxygen atoms in total. The minimum atomic E-state index is -0.914. The molecule has 1 heterocycles. The summed E-state index contributed by atoms with van der Waals surface area (Å²) in [6.07, 6.45) is 3.70. The maximum Gasteiger partial charge on any atom is 0.335 e. The number of nitrogens with zero attached hydrogens (tertiary/aromatic N) is 3. The Morgan fingerprint density at radius 3 is 2.69 bits per heavy atom. The summed E-state index contributed by atoms with van der Waals surface area (Å²) in [5.74, 6) is -0.0402. The second kappa shape index (κ2) is 7.54. The van der Waals surface area contributed by atoms with Crippen LogP contribution in [0.3, 0.4) is 0 Å². The average Bonchev–Trinajstić information content (AvgIpc) is 3.09. The molecule has 1 unspecified atom stereocenters. The third-order valence-electron chi connectivity index (χ3n) is 4.64. The highest BCUT2D eigenvalue weighted by atomic mass is 16.4. The minimum absolute atomic E-state index is 0.297. The fourth-order valence-electron chi connectivity index (χ4n) is 2.93. The van der Waals surface area contributed by atoms with E-state index < -0.39 is 5.97 Å². The van der Waals surface area contributed by atoms with Gasteiger partial charge in [-0.1, -0.05) is 30.3 Å². The molecule has 1 aromatic heterocycles. The van der Waals surface area contributed by atoms with Crippen LogP contribution in [0.2, 0.25) is 0 Å². The van der Waals surface area contributed by atoms with E-state index in [4.69, 9.17) is 0 Å². The lowest BCUT2D eigenvalue weighted by Crippen LogP contribution is -2.16. The van der Waals surface area contributed by atoms with Crippen LogP contribution in [0.4, 0.5) is 0 Å². The quantitative estimate of drug-likeness (QED) is 0.733. The van der Waals surface area contributed by atoms with Gasteiger partial charge in [-0.05, 0) is 50.3 Å². The van der Waals surface area contributed by atoms with Crippen molar-refractivity contribution < 1.29 is 9.90 Å².